The standard InChI is InChI=1S/C21H33N5O2.ClH/c22-19-15-3-1-4-16(19)12-17(11-15)21(27)26-8-2-7-25(9-10-26)13-18-23-20(28-24-18)14-5-6-14;/h14-17,19H,1-13,22H2;1H. The second-order valence-electron chi connectivity index (χ2n) is 9.47. The minimum Gasteiger partial charge on any atom is -0.341 e. The van der Waals surface area contributed by atoms with Crippen LogP contribution in [0.1, 0.15) is 69.0 Å². The predicted molar refractivity (Wildman–Crippen MR) is 112 cm³/mol. The van der Waals surface area contributed by atoms with Gasteiger partial charge in [0.05, 0.1) is 6.54 Å². The van der Waals surface area contributed by atoms with E-state index in [-0.39, 0.29) is 18.3 Å². The lowest BCUT2D eigenvalue weighted by atomic mass is 9.65. The van der Waals surface area contributed by atoms with Crippen molar-refractivity contribution in [1.82, 2.24) is 19.9 Å². The first-order valence-corrected chi connectivity index (χ1v) is 11.3. The van der Waals surface area contributed by atoms with Crippen molar-refractivity contribution in [2.24, 2.45) is 23.5 Å². The van der Waals surface area contributed by atoms with Crippen LogP contribution in [0.25, 0.3) is 0 Å². The van der Waals surface area contributed by atoms with E-state index in [9.17, 15) is 4.79 Å². The van der Waals surface area contributed by atoms with Gasteiger partial charge in [0.2, 0.25) is 11.8 Å². The lowest BCUT2D eigenvalue weighted by molar-refractivity contribution is -0.138. The molecule has 1 saturated heterocycles. The summed E-state index contributed by atoms with van der Waals surface area (Å²) in [5.41, 5.74) is 6.41. The molecule has 5 rings (SSSR count). The van der Waals surface area contributed by atoms with Gasteiger partial charge in [-0.1, -0.05) is 11.6 Å². The molecule has 8 heteroatoms. The lowest BCUT2D eigenvalue weighted by Crippen LogP contribution is -2.50. The first kappa shape index (κ1) is 21.1. The number of aromatic nitrogens is 2. The molecule has 29 heavy (non-hydrogen) atoms. The Morgan fingerprint density at radius 1 is 1.03 bits per heavy atom. The highest BCUT2D eigenvalue weighted by molar-refractivity contribution is 5.85. The molecule has 2 N–H and O–H groups in total. The maximum Gasteiger partial charge on any atom is 0.229 e. The van der Waals surface area contributed by atoms with Gasteiger partial charge >= 0.3 is 0 Å². The van der Waals surface area contributed by atoms with Crippen LogP contribution < -0.4 is 5.73 Å². The first-order valence-electron chi connectivity index (χ1n) is 11.3. The molecule has 3 aliphatic carbocycles. The summed E-state index contributed by atoms with van der Waals surface area (Å²) in [7, 11) is 0. The molecule has 0 aromatic carbocycles. The minimum absolute atomic E-state index is 0. The molecular formula is C21H34ClN5O2. The minimum atomic E-state index is 0. The van der Waals surface area contributed by atoms with Gasteiger partial charge in [0.1, 0.15) is 0 Å². The number of nitrogens with two attached hydrogens (primary N) is 1. The number of hydrogen-bond acceptors (Lipinski definition) is 6. The van der Waals surface area contributed by atoms with Crippen molar-refractivity contribution in [3.63, 3.8) is 0 Å². The number of rotatable bonds is 4. The first-order chi connectivity index (χ1) is 13.7. The van der Waals surface area contributed by atoms with Crippen molar-refractivity contribution in [2.45, 2.75) is 69.9 Å². The molecule has 0 radical (unpaired) electrons. The van der Waals surface area contributed by atoms with Crippen LogP contribution in [-0.4, -0.2) is 58.1 Å². The van der Waals surface area contributed by atoms with E-state index in [1.165, 1.54) is 32.1 Å². The van der Waals surface area contributed by atoms with Crippen LogP contribution in [0.5, 0.6) is 0 Å². The van der Waals surface area contributed by atoms with Crippen LogP contribution in [0.15, 0.2) is 4.52 Å². The van der Waals surface area contributed by atoms with Crippen molar-refractivity contribution in [2.75, 3.05) is 26.2 Å². The molecule has 3 saturated carbocycles. The van der Waals surface area contributed by atoms with Gasteiger partial charge in [-0.05, 0) is 56.8 Å². The fourth-order valence-electron chi connectivity index (χ4n) is 5.63. The molecule has 1 aliphatic heterocycles. The molecule has 7 nitrogen and oxygen atoms in total. The zero-order valence-electron chi connectivity index (χ0n) is 17.2. The van der Waals surface area contributed by atoms with Crippen molar-refractivity contribution in [3.8, 4) is 0 Å². The largest absolute Gasteiger partial charge is 0.341 e. The van der Waals surface area contributed by atoms with Crippen molar-refractivity contribution in [3.05, 3.63) is 11.7 Å². The summed E-state index contributed by atoms with van der Waals surface area (Å²) < 4.78 is 5.38. The van der Waals surface area contributed by atoms with Gasteiger partial charge in [-0.2, -0.15) is 4.98 Å². The Bertz CT molecular complexity index is 695. The summed E-state index contributed by atoms with van der Waals surface area (Å²) in [4.78, 5) is 22.2. The summed E-state index contributed by atoms with van der Waals surface area (Å²) in [5, 5.41) is 4.15. The summed E-state index contributed by atoms with van der Waals surface area (Å²) in [6, 6.07) is 0.327. The fourth-order valence-corrected chi connectivity index (χ4v) is 5.63. The third kappa shape index (κ3) is 4.62. The Balaban J connectivity index is 0.00000205. The van der Waals surface area contributed by atoms with E-state index in [1.807, 2.05) is 0 Å². The maximum absolute atomic E-state index is 13.2. The van der Waals surface area contributed by atoms with E-state index in [4.69, 9.17) is 10.3 Å². The van der Waals surface area contributed by atoms with Gasteiger partial charge in [-0.3, -0.25) is 9.69 Å². The highest BCUT2D eigenvalue weighted by atomic mass is 35.5. The monoisotopic (exact) mass is 423 g/mol. The number of hydrogen-bond donors (Lipinski definition) is 1. The molecule has 2 heterocycles. The number of amides is 1. The van der Waals surface area contributed by atoms with E-state index in [2.05, 4.69) is 19.9 Å². The normalized spacial score (nSPS) is 33.1. The topological polar surface area (TPSA) is 88.5 Å². The molecule has 4 fully saturated rings. The molecule has 1 amide bonds. The number of halogens is 1. The fraction of sp³-hybridized carbons (Fsp3) is 0.857. The number of carbonyl (C=O) groups is 1. The van der Waals surface area contributed by atoms with Crippen molar-refractivity contribution < 1.29 is 9.32 Å². The second kappa shape index (κ2) is 8.90. The average Bonchev–Trinajstić information content (AvgIpc) is 3.46. The van der Waals surface area contributed by atoms with Crippen LogP contribution in [0.4, 0.5) is 0 Å². The Morgan fingerprint density at radius 2 is 1.79 bits per heavy atom. The van der Waals surface area contributed by atoms with Gasteiger partial charge in [0.25, 0.3) is 0 Å². The molecule has 162 valence electrons. The lowest BCUT2D eigenvalue weighted by Gasteiger charge is -2.44. The molecule has 4 aliphatic rings. The highest BCUT2D eigenvalue weighted by Crippen LogP contribution is 2.42. The third-order valence-electron chi connectivity index (χ3n) is 7.44. The highest BCUT2D eigenvalue weighted by Gasteiger charge is 2.41. The van der Waals surface area contributed by atoms with Gasteiger partial charge in [0, 0.05) is 44.1 Å². The van der Waals surface area contributed by atoms with Gasteiger partial charge in [0.15, 0.2) is 5.82 Å². The molecule has 2 atom stereocenters. The van der Waals surface area contributed by atoms with Crippen LogP contribution in [0.3, 0.4) is 0 Å². The summed E-state index contributed by atoms with van der Waals surface area (Å²) >= 11 is 0. The molecule has 2 bridgehead atoms. The number of carbonyl (C=O) groups excluding carboxylic acids is 1. The Kier molecular flexibility index (Phi) is 6.47. The van der Waals surface area contributed by atoms with E-state index < -0.39 is 0 Å². The zero-order chi connectivity index (χ0) is 19.1. The van der Waals surface area contributed by atoms with Gasteiger partial charge in [-0.25, -0.2) is 0 Å². The van der Waals surface area contributed by atoms with Crippen LogP contribution in [0.2, 0.25) is 0 Å². The van der Waals surface area contributed by atoms with E-state index in [1.54, 1.807) is 0 Å². The Labute approximate surface area is 179 Å². The van der Waals surface area contributed by atoms with Crippen LogP contribution >= 0.6 is 12.4 Å². The van der Waals surface area contributed by atoms with Crippen molar-refractivity contribution in [1.29, 1.82) is 0 Å². The van der Waals surface area contributed by atoms with Crippen LogP contribution in [0, 0.1) is 17.8 Å². The summed E-state index contributed by atoms with van der Waals surface area (Å²) in [6.07, 6.45) is 9.09. The number of fused-ring (bicyclic) bond motifs is 2. The quantitative estimate of drug-likeness (QED) is 0.800. The zero-order valence-corrected chi connectivity index (χ0v) is 18.0. The predicted octanol–water partition coefficient (Wildman–Crippen LogP) is 2.56. The average molecular weight is 424 g/mol. The maximum atomic E-state index is 13.2. The van der Waals surface area contributed by atoms with Gasteiger partial charge in [-0.15, -0.1) is 12.4 Å². The van der Waals surface area contributed by atoms with Crippen molar-refractivity contribution >= 4 is 18.3 Å². The van der Waals surface area contributed by atoms with E-state index in [0.717, 1.165) is 63.7 Å². The van der Waals surface area contributed by atoms with E-state index >= 15 is 0 Å². The smallest absolute Gasteiger partial charge is 0.229 e. The van der Waals surface area contributed by atoms with Crippen LogP contribution in [-0.2, 0) is 11.3 Å². The molecule has 0 spiro atoms. The molecule has 2 unspecified atom stereocenters. The second-order valence-corrected chi connectivity index (χ2v) is 9.47. The third-order valence-corrected chi connectivity index (χ3v) is 7.44. The SMILES string of the molecule is Cl.NC1C2CCCC1CC(C(=O)N1CCCN(Cc3noc(C4CC4)n3)CC1)C2. The molecular weight excluding hydrogens is 390 g/mol. The number of nitrogens with zero attached hydrogens (tertiary/aromatic N) is 4. The Morgan fingerprint density at radius 3 is 2.52 bits per heavy atom. The molecule has 1 aromatic heterocycles. The van der Waals surface area contributed by atoms with E-state index in [0.29, 0.717) is 29.7 Å². The Hall–Kier alpha value is -1.18. The summed E-state index contributed by atoms with van der Waals surface area (Å²) in [6.45, 7) is 4.27. The molecule has 1 aromatic rings. The van der Waals surface area contributed by atoms with Gasteiger partial charge < -0.3 is 15.2 Å². The summed E-state index contributed by atoms with van der Waals surface area (Å²) in [5.74, 6) is 3.79.